The summed E-state index contributed by atoms with van der Waals surface area (Å²) in [6.07, 6.45) is 0.467. The van der Waals surface area contributed by atoms with Gasteiger partial charge in [0.15, 0.2) is 0 Å². The topological polar surface area (TPSA) is 66.4 Å². The molecule has 4 nitrogen and oxygen atoms in total. The zero-order chi connectivity index (χ0) is 22.8. The first-order valence-electron chi connectivity index (χ1n) is 9.77. The van der Waals surface area contributed by atoms with Crippen LogP contribution in [0.1, 0.15) is 48.0 Å². The molecule has 1 aromatic heterocycles. The Morgan fingerprint density at radius 2 is 1.81 bits per heavy atom. The van der Waals surface area contributed by atoms with Crippen LogP contribution in [0.15, 0.2) is 48.5 Å². The fourth-order valence-corrected chi connectivity index (χ4v) is 4.70. The van der Waals surface area contributed by atoms with E-state index in [-0.39, 0.29) is 29.1 Å². The third kappa shape index (κ3) is 5.51. The Kier molecular flexibility index (Phi) is 6.82. The van der Waals surface area contributed by atoms with Crippen LogP contribution in [0, 0.1) is 5.82 Å². The van der Waals surface area contributed by atoms with Gasteiger partial charge in [0.2, 0.25) is 5.91 Å². The van der Waals surface area contributed by atoms with Crippen molar-refractivity contribution in [3.05, 3.63) is 75.4 Å². The second-order valence-corrected chi connectivity index (χ2v) is 9.71. The maximum atomic E-state index is 13.4. The lowest BCUT2D eigenvalue weighted by Crippen LogP contribution is -2.14. The van der Waals surface area contributed by atoms with E-state index in [9.17, 15) is 19.1 Å². The number of carbonyl (C=O) groups excluding carboxylic acids is 1. The van der Waals surface area contributed by atoms with E-state index < -0.39 is 5.97 Å². The van der Waals surface area contributed by atoms with Crippen molar-refractivity contribution in [1.29, 1.82) is 0 Å². The number of benzene rings is 2. The maximum absolute atomic E-state index is 13.4. The average Bonchev–Trinajstić information content (AvgIpc) is 3.07. The first-order valence-corrected chi connectivity index (χ1v) is 11.0. The summed E-state index contributed by atoms with van der Waals surface area (Å²) in [5.41, 5.74) is 1.74. The molecule has 0 fully saturated rings. The first-order chi connectivity index (χ1) is 14.6. The highest BCUT2D eigenvalue weighted by molar-refractivity contribution is 7.17. The molecule has 162 valence electrons. The van der Waals surface area contributed by atoms with Crippen molar-refractivity contribution >= 4 is 39.8 Å². The number of hydrogen-bond acceptors (Lipinski definition) is 3. The highest BCUT2D eigenvalue weighted by Crippen LogP contribution is 2.46. The van der Waals surface area contributed by atoms with E-state index in [2.05, 4.69) is 5.32 Å². The van der Waals surface area contributed by atoms with Crippen LogP contribution in [0.3, 0.4) is 0 Å². The van der Waals surface area contributed by atoms with Gasteiger partial charge in [-0.1, -0.05) is 56.6 Å². The van der Waals surface area contributed by atoms with Crippen LogP contribution >= 0.6 is 22.9 Å². The van der Waals surface area contributed by atoms with Crippen LogP contribution in [0.4, 0.5) is 9.39 Å². The number of thiophene rings is 1. The van der Waals surface area contributed by atoms with E-state index in [4.69, 9.17) is 11.6 Å². The van der Waals surface area contributed by atoms with E-state index >= 15 is 0 Å². The van der Waals surface area contributed by atoms with Crippen molar-refractivity contribution in [2.75, 3.05) is 5.32 Å². The molecule has 1 heterocycles. The Bertz CT molecular complexity index is 1120. The smallest absolute Gasteiger partial charge is 0.339 e. The summed E-state index contributed by atoms with van der Waals surface area (Å²) >= 11 is 7.27. The van der Waals surface area contributed by atoms with Crippen LogP contribution in [0.2, 0.25) is 5.02 Å². The normalized spacial score (nSPS) is 11.4. The van der Waals surface area contributed by atoms with Gasteiger partial charge in [-0.05, 0) is 47.2 Å². The van der Waals surface area contributed by atoms with Gasteiger partial charge >= 0.3 is 5.97 Å². The van der Waals surface area contributed by atoms with Crippen molar-refractivity contribution in [3.8, 4) is 11.1 Å². The van der Waals surface area contributed by atoms with Crippen molar-refractivity contribution in [3.63, 3.8) is 0 Å². The molecule has 1 amide bonds. The number of rotatable bonds is 6. The SMILES string of the molecule is CC(C)(C)c1sc(NC(=O)CCc2cccc(F)c2)c(C(=O)O)c1-c1ccc(Cl)cc1. The van der Waals surface area contributed by atoms with Crippen molar-refractivity contribution in [2.24, 2.45) is 0 Å². The minimum absolute atomic E-state index is 0.0661. The Labute approximate surface area is 189 Å². The fourth-order valence-electron chi connectivity index (χ4n) is 3.28. The standard InChI is InChI=1S/C24H23ClFNO3S/c1-24(2,3)21-19(15-8-10-16(25)11-9-15)20(23(29)30)22(31-21)27-18(28)12-7-14-5-4-6-17(26)13-14/h4-6,8-11,13H,7,12H2,1-3H3,(H,27,28)(H,29,30). The van der Waals surface area contributed by atoms with E-state index in [1.54, 1.807) is 36.4 Å². The highest BCUT2D eigenvalue weighted by atomic mass is 35.5. The molecule has 0 radical (unpaired) electrons. The molecule has 0 unspecified atom stereocenters. The third-order valence-corrected chi connectivity index (χ3v) is 6.50. The monoisotopic (exact) mass is 459 g/mol. The molecular formula is C24H23ClFNO3S. The summed E-state index contributed by atoms with van der Waals surface area (Å²) in [6.45, 7) is 6.00. The summed E-state index contributed by atoms with van der Waals surface area (Å²) < 4.78 is 13.4. The van der Waals surface area contributed by atoms with Crippen LogP contribution in [0.25, 0.3) is 11.1 Å². The summed E-state index contributed by atoms with van der Waals surface area (Å²) in [5, 5.41) is 13.6. The number of hydrogen-bond donors (Lipinski definition) is 2. The van der Waals surface area contributed by atoms with E-state index in [0.29, 0.717) is 27.6 Å². The Balaban J connectivity index is 1.95. The molecule has 7 heteroatoms. The largest absolute Gasteiger partial charge is 0.478 e. The molecule has 3 rings (SSSR count). The Hall–Kier alpha value is -2.70. The molecule has 3 aromatic rings. The molecule has 0 aliphatic rings. The number of carbonyl (C=O) groups is 2. The van der Waals surface area contributed by atoms with Gasteiger partial charge in [0.05, 0.1) is 0 Å². The molecule has 31 heavy (non-hydrogen) atoms. The number of anilines is 1. The van der Waals surface area contributed by atoms with Crippen LogP contribution in [-0.2, 0) is 16.6 Å². The van der Waals surface area contributed by atoms with Crippen LogP contribution < -0.4 is 5.32 Å². The van der Waals surface area contributed by atoms with Gasteiger partial charge < -0.3 is 10.4 Å². The number of aromatic carboxylic acids is 1. The summed E-state index contributed by atoms with van der Waals surface area (Å²) in [4.78, 5) is 25.7. The molecule has 0 spiro atoms. The molecule has 0 aliphatic heterocycles. The van der Waals surface area contributed by atoms with Crippen molar-refractivity contribution in [2.45, 2.75) is 39.0 Å². The van der Waals surface area contributed by atoms with Crippen LogP contribution in [0.5, 0.6) is 0 Å². The van der Waals surface area contributed by atoms with Gasteiger partial charge in [-0.25, -0.2) is 9.18 Å². The number of aryl methyl sites for hydroxylation is 1. The van der Waals surface area contributed by atoms with Gasteiger partial charge in [-0.3, -0.25) is 4.79 Å². The second-order valence-electron chi connectivity index (χ2n) is 8.25. The molecule has 0 saturated heterocycles. The molecular weight excluding hydrogens is 437 g/mol. The van der Waals surface area contributed by atoms with Crippen molar-refractivity contribution < 1.29 is 19.1 Å². The zero-order valence-corrected chi connectivity index (χ0v) is 19.0. The molecule has 0 aliphatic carbocycles. The third-order valence-electron chi connectivity index (χ3n) is 4.72. The van der Waals surface area contributed by atoms with E-state index in [0.717, 1.165) is 10.4 Å². The minimum Gasteiger partial charge on any atom is -0.478 e. The number of halogens is 2. The predicted octanol–water partition coefficient (Wildman–Crippen LogP) is 6.77. The lowest BCUT2D eigenvalue weighted by atomic mass is 9.87. The zero-order valence-electron chi connectivity index (χ0n) is 17.5. The summed E-state index contributed by atoms with van der Waals surface area (Å²) in [7, 11) is 0. The van der Waals surface area contributed by atoms with Gasteiger partial charge in [0.1, 0.15) is 16.4 Å². The Morgan fingerprint density at radius 1 is 1.13 bits per heavy atom. The summed E-state index contributed by atoms with van der Waals surface area (Å²) in [6, 6.07) is 13.1. The number of nitrogens with one attached hydrogen (secondary N) is 1. The number of amides is 1. The average molecular weight is 460 g/mol. The van der Waals surface area contributed by atoms with E-state index in [1.165, 1.54) is 23.5 Å². The van der Waals surface area contributed by atoms with Crippen molar-refractivity contribution in [1.82, 2.24) is 0 Å². The molecule has 2 aromatic carbocycles. The molecule has 0 atom stereocenters. The highest BCUT2D eigenvalue weighted by Gasteiger charge is 2.31. The molecule has 0 saturated carbocycles. The number of carboxylic acids is 1. The van der Waals surface area contributed by atoms with Gasteiger partial charge in [-0.15, -0.1) is 11.3 Å². The van der Waals surface area contributed by atoms with Gasteiger partial charge in [0.25, 0.3) is 0 Å². The molecule has 2 N–H and O–H groups in total. The fraction of sp³-hybridized carbons (Fsp3) is 0.250. The van der Waals surface area contributed by atoms with E-state index in [1.807, 2.05) is 20.8 Å². The lowest BCUT2D eigenvalue weighted by molar-refractivity contribution is -0.116. The lowest BCUT2D eigenvalue weighted by Gasteiger charge is -2.19. The van der Waals surface area contributed by atoms with Gasteiger partial charge in [0, 0.05) is 21.9 Å². The number of carboxylic acid groups (broad SMARTS) is 1. The quantitative estimate of drug-likeness (QED) is 0.427. The maximum Gasteiger partial charge on any atom is 0.339 e. The minimum atomic E-state index is -1.11. The Morgan fingerprint density at radius 3 is 2.39 bits per heavy atom. The second kappa shape index (κ2) is 9.20. The predicted molar refractivity (Wildman–Crippen MR) is 124 cm³/mol. The summed E-state index contributed by atoms with van der Waals surface area (Å²) in [5.74, 6) is -1.79. The first kappa shape index (κ1) is 23.0. The molecule has 0 bridgehead atoms. The van der Waals surface area contributed by atoms with Gasteiger partial charge in [-0.2, -0.15) is 0 Å². The van der Waals surface area contributed by atoms with Crippen LogP contribution in [-0.4, -0.2) is 17.0 Å².